The lowest BCUT2D eigenvalue weighted by Gasteiger charge is -2.30. The zero-order valence-electron chi connectivity index (χ0n) is 17.3. The number of esters is 1. The van der Waals surface area contributed by atoms with Crippen molar-refractivity contribution < 1.29 is 18.7 Å². The van der Waals surface area contributed by atoms with Gasteiger partial charge in [0.1, 0.15) is 17.1 Å². The van der Waals surface area contributed by atoms with Crippen LogP contribution < -0.4 is 0 Å². The van der Waals surface area contributed by atoms with E-state index in [9.17, 15) is 14.0 Å². The van der Waals surface area contributed by atoms with E-state index in [0.29, 0.717) is 30.3 Å². The maximum Gasteiger partial charge on any atom is 0.342 e. The van der Waals surface area contributed by atoms with Gasteiger partial charge in [-0.2, -0.15) is 5.10 Å². The second-order valence-corrected chi connectivity index (χ2v) is 7.84. The van der Waals surface area contributed by atoms with Crippen LogP contribution in [0.4, 0.5) is 4.39 Å². The van der Waals surface area contributed by atoms with Crippen molar-refractivity contribution in [3.05, 3.63) is 72.2 Å². The summed E-state index contributed by atoms with van der Waals surface area (Å²) in [5.74, 6) is -0.766. The zero-order chi connectivity index (χ0) is 21.8. The number of carbonyl (C=O) groups is 2. The molecule has 3 aromatic rings. The van der Waals surface area contributed by atoms with Gasteiger partial charge < -0.3 is 9.64 Å². The number of aromatic nitrogens is 2. The van der Waals surface area contributed by atoms with E-state index in [4.69, 9.17) is 4.74 Å². The Kier molecular flexibility index (Phi) is 6.11. The number of likely N-dealkylation sites (tertiary alicyclic amines) is 1. The van der Waals surface area contributed by atoms with Gasteiger partial charge >= 0.3 is 5.97 Å². The van der Waals surface area contributed by atoms with Crippen LogP contribution in [0.25, 0.3) is 16.9 Å². The first-order valence-electron chi connectivity index (χ1n) is 10.4. The average molecular weight is 421 g/mol. The lowest BCUT2D eigenvalue weighted by molar-refractivity contribution is -0.136. The standard InChI is InChI=1S/C24H24FN3O3/c1-17-6-5-13-27(14-17)22(29)16-31-24(30)21-15-28(20-7-3-2-4-8-20)26-23(21)18-9-11-19(25)12-10-18/h2-4,7-12,15,17H,5-6,13-14,16H2,1H3/t17-/m1/s1. The molecular weight excluding hydrogens is 397 g/mol. The van der Waals surface area contributed by atoms with E-state index in [-0.39, 0.29) is 23.9 Å². The number of hydrogen-bond acceptors (Lipinski definition) is 4. The zero-order valence-corrected chi connectivity index (χ0v) is 17.3. The molecule has 0 radical (unpaired) electrons. The number of rotatable bonds is 5. The van der Waals surface area contributed by atoms with Crippen LogP contribution in [0.1, 0.15) is 30.1 Å². The quantitative estimate of drug-likeness (QED) is 0.582. The van der Waals surface area contributed by atoms with Crippen molar-refractivity contribution in [2.75, 3.05) is 19.7 Å². The van der Waals surface area contributed by atoms with Crippen LogP contribution in [0.5, 0.6) is 0 Å². The Morgan fingerprint density at radius 2 is 1.87 bits per heavy atom. The van der Waals surface area contributed by atoms with Crippen molar-refractivity contribution in [2.45, 2.75) is 19.8 Å². The molecule has 0 unspecified atom stereocenters. The predicted octanol–water partition coefficient (Wildman–Crippen LogP) is 4.09. The van der Waals surface area contributed by atoms with Crippen LogP contribution in [0, 0.1) is 11.7 Å². The molecule has 1 amide bonds. The maximum absolute atomic E-state index is 13.4. The van der Waals surface area contributed by atoms with Crippen molar-refractivity contribution in [1.29, 1.82) is 0 Å². The fourth-order valence-electron chi connectivity index (χ4n) is 3.77. The maximum atomic E-state index is 13.4. The molecule has 1 aromatic heterocycles. The Balaban J connectivity index is 1.56. The molecule has 0 bridgehead atoms. The number of benzene rings is 2. The lowest BCUT2D eigenvalue weighted by atomic mass is 10.0. The molecule has 0 saturated carbocycles. The van der Waals surface area contributed by atoms with E-state index in [1.165, 1.54) is 12.1 Å². The SMILES string of the molecule is C[C@@H]1CCCN(C(=O)COC(=O)c2cn(-c3ccccc3)nc2-c2ccc(F)cc2)C1. The smallest absolute Gasteiger partial charge is 0.342 e. The summed E-state index contributed by atoms with van der Waals surface area (Å²) in [5.41, 5.74) is 1.94. The summed E-state index contributed by atoms with van der Waals surface area (Å²) in [6.07, 6.45) is 3.63. The molecule has 2 aromatic carbocycles. The first-order chi connectivity index (χ1) is 15.0. The van der Waals surface area contributed by atoms with E-state index in [2.05, 4.69) is 12.0 Å². The van der Waals surface area contributed by atoms with Crippen molar-refractivity contribution in [1.82, 2.24) is 14.7 Å². The summed E-state index contributed by atoms with van der Waals surface area (Å²) in [6.45, 7) is 3.17. The van der Waals surface area contributed by atoms with E-state index in [0.717, 1.165) is 18.5 Å². The van der Waals surface area contributed by atoms with Gasteiger partial charge in [-0.05, 0) is 55.2 Å². The summed E-state index contributed by atoms with van der Waals surface area (Å²) in [4.78, 5) is 27.1. The van der Waals surface area contributed by atoms with Gasteiger partial charge in [0, 0.05) is 24.8 Å². The van der Waals surface area contributed by atoms with Gasteiger partial charge in [-0.3, -0.25) is 4.79 Å². The minimum atomic E-state index is -0.639. The molecule has 1 fully saturated rings. The van der Waals surface area contributed by atoms with Crippen LogP contribution >= 0.6 is 0 Å². The lowest BCUT2D eigenvalue weighted by Crippen LogP contribution is -2.41. The summed E-state index contributed by atoms with van der Waals surface area (Å²) in [7, 11) is 0. The van der Waals surface area contributed by atoms with E-state index < -0.39 is 5.97 Å². The fourth-order valence-corrected chi connectivity index (χ4v) is 3.77. The molecule has 4 rings (SSSR count). The molecule has 160 valence electrons. The highest BCUT2D eigenvalue weighted by molar-refractivity contribution is 5.97. The molecule has 6 nitrogen and oxygen atoms in total. The molecule has 1 aliphatic rings. The molecule has 31 heavy (non-hydrogen) atoms. The number of para-hydroxylation sites is 1. The number of amides is 1. The van der Waals surface area contributed by atoms with Gasteiger partial charge in [0.15, 0.2) is 6.61 Å². The molecule has 0 N–H and O–H groups in total. The third-order valence-corrected chi connectivity index (χ3v) is 5.41. The van der Waals surface area contributed by atoms with Crippen LogP contribution in [-0.2, 0) is 9.53 Å². The van der Waals surface area contributed by atoms with E-state index in [1.807, 2.05) is 30.3 Å². The Morgan fingerprint density at radius 3 is 2.58 bits per heavy atom. The average Bonchev–Trinajstić information content (AvgIpc) is 3.24. The Labute approximate surface area is 180 Å². The molecule has 2 heterocycles. The normalized spacial score (nSPS) is 16.2. The third-order valence-electron chi connectivity index (χ3n) is 5.41. The van der Waals surface area contributed by atoms with Gasteiger partial charge in [-0.1, -0.05) is 25.1 Å². The first kappa shape index (κ1) is 20.8. The van der Waals surface area contributed by atoms with Crippen molar-refractivity contribution in [2.24, 2.45) is 5.92 Å². The van der Waals surface area contributed by atoms with Crippen LogP contribution in [-0.4, -0.2) is 46.3 Å². The van der Waals surface area contributed by atoms with E-state index >= 15 is 0 Å². The van der Waals surface area contributed by atoms with Crippen LogP contribution in [0.2, 0.25) is 0 Å². The molecule has 0 aliphatic carbocycles. The van der Waals surface area contributed by atoms with Crippen molar-refractivity contribution in [3.8, 4) is 16.9 Å². The van der Waals surface area contributed by atoms with E-state index in [1.54, 1.807) is 27.9 Å². The van der Waals surface area contributed by atoms with Gasteiger partial charge in [-0.25, -0.2) is 13.9 Å². The van der Waals surface area contributed by atoms with Crippen LogP contribution in [0.3, 0.4) is 0 Å². The number of piperidine rings is 1. The second-order valence-electron chi connectivity index (χ2n) is 7.84. The van der Waals surface area contributed by atoms with Gasteiger partial charge in [-0.15, -0.1) is 0 Å². The van der Waals surface area contributed by atoms with Gasteiger partial charge in [0.25, 0.3) is 5.91 Å². The van der Waals surface area contributed by atoms with Crippen LogP contribution in [0.15, 0.2) is 60.8 Å². The summed E-state index contributed by atoms with van der Waals surface area (Å²) < 4.78 is 20.3. The highest BCUT2D eigenvalue weighted by atomic mass is 19.1. The van der Waals surface area contributed by atoms with Gasteiger partial charge in [0.2, 0.25) is 0 Å². The summed E-state index contributed by atoms with van der Waals surface area (Å²) in [6, 6.07) is 15.1. The Hall–Kier alpha value is -3.48. The Morgan fingerprint density at radius 1 is 1.13 bits per heavy atom. The predicted molar refractivity (Wildman–Crippen MR) is 114 cm³/mol. The Bertz CT molecular complexity index is 1060. The minimum Gasteiger partial charge on any atom is -0.452 e. The third kappa shape index (κ3) is 4.82. The molecular formula is C24H24FN3O3. The molecule has 7 heteroatoms. The monoisotopic (exact) mass is 421 g/mol. The number of halogens is 1. The number of ether oxygens (including phenoxy) is 1. The number of carbonyl (C=O) groups excluding carboxylic acids is 2. The fraction of sp³-hybridized carbons (Fsp3) is 0.292. The van der Waals surface area contributed by atoms with Gasteiger partial charge in [0.05, 0.1) is 5.69 Å². The molecule has 0 spiro atoms. The largest absolute Gasteiger partial charge is 0.452 e. The summed E-state index contributed by atoms with van der Waals surface area (Å²) in [5, 5.41) is 4.53. The molecule has 1 aliphatic heterocycles. The number of hydrogen-bond donors (Lipinski definition) is 0. The highest BCUT2D eigenvalue weighted by Gasteiger charge is 2.24. The highest BCUT2D eigenvalue weighted by Crippen LogP contribution is 2.25. The van der Waals surface area contributed by atoms with Crippen molar-refractivity contribution in [3.63, 3.8) is 0 Å². The molecule has 1 saturated heterocycles. The van der Waals surface area contributed by atoms with Crippen molar-refractivity contribution >= 4 is 11.9 Å². The molecule has 1 atom stereocenters. The second kappa shape index (κ2) is 9.12. The topological polar surface area (TPSA) is 64.4 Å². The first-order valence-corrected chi connectivity index (χ1v) is 10.4. The minimum absolute atomic E-state index is 0.196. The number of nitrogens with zero attached hydrogens (tertiary/aromatic N) is 3. The summed E-state index contributed by atoms with van der Waals surface area (Å²) >= 11 is 0.